The molecule has 1 aromatic heterocycles. The van der Waals surface area contributed by atoms with E-state index in [1.807, 2.05) is 25.1 Å². The van der Waals surface area contributed by atoms with Gasteiger partial charge in [-0.3, -0.25) is 0 Å². The maximum absolute atomic E-state index is 6.11. The minimum Gasteiger partial charge on any atom is -0.437 e. The summed E-state index contributed by atoms with van der Waals surface area (Å²) < 4.78 is 6.46. The summed E-state index contributed by atoms with van der Waals surface area (Å²) in [5.41, 5.74) is 1.08. The lowest BCUT2D eigenvalue weighted by atomic mass is 10.2. The molecular formula is C14H14BrClN2O. The molecule has 0 aliphatic rings. The monoisotopic (exact) mass is 340 g/mol. The van der Waals surface area contributed by atoms with E-state index in [1.165, 1.54) is 0 Å². The van der Waals surface area contributed by atoms with Gasteiger partial charge >= 0.3 is 0 Å². The number of benzene rings is 1. The van der Waals surface area contributed by atoms with E-state index in [2.05, 4.69) is 32.8 Å². The minimum absolute atomic E-state index is 0.498. The molecule has 0 saturated carbocycles. The zero-order chi connectivity index (χ0) is 13.8. The van der Waals surface area contributed by atoms with Crippen LogP contribution < -0.4 is 4.74 Å². The second-order valence-electron chi connectivity index (χ2n) is 4.23. The van der Waals surface area contributed by atoms with Crippen molar-refractivity contribution in [3.05, 3.63) is 45.3 Å². The first-order chi connectivity index (χ1) is 9.08. The smallest absolute Gasteiger partial charge is 0.223 e. The number of rotatable bonds is 4. The fourth-order valence-electron chi connectivity index (χ4n) is 1.63. The number of hydrogen-bond donors (Lipinski definition) is 0. The lowest BCUT2D eigenvalue weighted by molar-refractivity contribution is 0.457. The maximum atomic E-state index is 6.11. The van der Waals surface area contributed by atoms with Gasteiger partial charge in [-0.2, -0.15) is 4.98 Å². The van der Waals surface area contributed by atoms with Gasteiger partial charge in [0.25, 0.3) is 0 Å². The second-order valence-corrected chi connectivity index (χ2v) is 5.45. The number of halogens is 2. The van der Waals surface area contributed by atoms with Gasteiger partial charge in [0.2, 0.25) is 5.88 Å². The van der Waals surface area contributed by atoms with Gasteiger partial charge in [0, 0.05) is 12.5 Å². The SMILES string of the molecule is CCCc1nc(Br)cc(Oc2cc(C)ccc2Cl)n1. The van der Waals surface area contributed by atoms with Crippen molar-refractivity contribution in [1.82, 2.24) is 9.97 Å². The van der Waals surface area contributed by atoms with E-state index in [1.54, 1.807) is 6.07 Å². The van der Waals surface area contributed by atoms with Crippen molar-refractivity contribution in [2.75, 3.05) is 0 Å². The highest BCUT2D eigenvalue weighted by Crippen LogP contribution is 2.30. The second kappa shape index (κ2) is 6.35. The van der Waals surface area contributed by atoms with Crippen molar-refractivity contribution in [2.45, 2.75) is 26.7 Å². The van der Waals surface area contributed by atoms with E-state index in [9.17, 15) is 0 Å². The largest absolute Gasteiger partial charge is 0.437 e. The summed E-state index contributed by atoms with van der Waals surface area (Å²) in [5, 5.41) is 0.567. The zero-order valence-electron chi connectivity index (χ0n) is 10.8. The van der Waals surface area contributed by atoms with Crippen LogP contribution in [0.5, 0.6) is 11.6 Å². The summed E-state index contributed by atoms with van der Waals surface area (Å²) in [7, 11) is 0. The van der Waals surface area contributed by atoms with Crippen LogP contribution >= 0.6 is 27.5 Å². The average Bonchev–Trinajstić information content (AvgIpc) is 2.33. The van der Waals surface area contributed by atoms with Crippen molar-refractivity contribution in [3.8, 4) is 11.6 Å². The zero-order valence-corrected chi connectivity index (χ0v) is 13.1. The lowest BCUT2D eigenvalue weighted by Crippen LogP contribution is -1.98. The molecule has 0 N–H and O–H groups in total. The van der Waals surface area contributed by atoms with Gasteiger partial charge in [-0.15, -0.1) is 0 Å². The Labute approximate surface area is 126 Å². The molecule has 19 heavy (non-hydrogen) atoms. The molecule has 0 unspecified atom stereocenters. The summed E-state index contributed by atoms with van der Waals surface area (Å²) in [6.45, 7) is 4.07. The number of nitrogens with zero attached hydrogens (tertiary/aromatic N) is 2. The van der Waals surface area contributed by atoms with Crippen molar-refractivity contribution >= 4 is 27.5 Å². The van der Waals surface area contributed by atoms with E-state index >= 15 is 0 Å². The minimum atomic E-state index is 0.498. The predicted molar refractivity (Wildman–Crippen MR) is 80.0 cm³/mol. The van der Waals surface area contributed by atoms with Crippen LogP contribution in [0.4, 0.5) is 0 Å². The third-order valence-electron chi connectivity index (χ3n) is 2.49. The first-order valence-corrected chi connectivity index (χ1v) is 7.23. The highest BCUT2D eigenvalue weighted by molar-refractivity contribution is 9.10. The summed E-state index contributed by atoms with van der Waals surface area (Å²) in [6.07, 6.45) is 1.80. The fraction of sp³-hybridized carbons (Fsp3) is 0.286. The normalized spacial score (nSPS) is 10.5. The molecule has 0 aliphatic heterocycles. The standard InChI is InChI=1S/C14H14BrClN2O/c1-3-4-13-17-12(15)8-14(18-13)19-11-7-9(2)5-6-10(11)16/h5-8H,3-4H2,1-2H3. The van der Waals surface area contributed by atoms with E-state index in [-0.39, 0.29) is 0 Å². The molecule has 2 aromatic rings. The Morgan fingerprint density at radius 1 is 1.26 bits per heavy atom. The van der Waals surface area contributed by atoms with Crippen molar-refractivity contribution in [1.29, 1.82) is 0 Å². The lowest BCUT2D eigenvalue weighted by Gasteiger charge is -2.09. The molecule has 0 radical (unpaired) electrons. The van der Waals surface area contributed by atoms with Crippen LogP contribution in [0.25, 0.3) is 0 Å². The Kier molecular flexibility index (Phi) is 4.77. The highest BCUT2D eigenvalue weighted by atomic mass is 79.9. The molecule has 0 bridgehead atoms. The van der Waals surface area contributed by atoms with Crippen LogP contribution in [0.3, 0.4) is 0 Å². The molecule has 0 fully saturated rings. The quantitative estimate of drug-likeness (QED) is 0.738. The van der Waals surface area contributed by atoms with Gasteiger partial charge in [-0.1, -0.05) is 24.6 Å². The van der Waals surface area contributed by atoms with Gasteiger partial charge in [0.1, 0.15) is 16.2 Å². The van der Waals surface area contributed by atoms with Crippen molar-refractivity contribution in [3.63, 3.8) is 0 Å². The number of aromatic nitrogens is 2. The molecule has 0 amide bonds. The molecule has 0 aliphatic carbocycles. The fourth-order valence-corrected chi connectivity index (χ4v) is 2.19. The van der Waals surface area contributed by atoms with Gasteiger partial charge < -0.3 is 4.74 Å². The predicted octanol–water partition coefficient (Wildman–Crippen LogP) is 4.95. The summed E-state index contributed by atoms with van der Waals surface area (Å²) >= 11 is 9.47. The molecule has 5 heteroatoms. The highest BCUT2D eigenvalue weighted by Gasteiger charge is 2.07. The van der Waals surface area contributed by atoms with E-state index in [4.69, 9.17) is 16.3 Å². The van der Waals surface area contributed by atoms with Crippen LogP contribution in [0.1, 0.15) is 24.7 Å². The molecule has 1 heterocycles. The average molecular weight is 342 g/mol. The van der Waals surface area contributed by atoms with E-state index < -0.39 is 0 Å². The van der Waals surface area contributed by atoms with Crippen LogP contribution in [0.15, 0.2) is 28.9 Å². The Balaban J connectivity index is 2.29. The molecule has 1 aromatic carbocycles. The molecule has 0 saturated heterocycles. The topological polar surface area (TPSA) is 35.0 Å². The number of ether oxygens (including phenoxy) is 1. The first-order valence-electron chi connectivity index (χ1n) is 6.06. The number of hydrogen-bond acceptors (Lipinski definition) is 3. The third-order valence-corrected chi connectivity index (χ3v) is 3.21. The Hall–Kier alpha value is -1.13. The summed E-state index contributed by atoms with van der Waals surface area (Å²) in [6, 6.07) is 7.37. The van der Waals surface area contributed by atoms with Gasteiger partial charge in [-0.25, -0.2) is 4.98 Å². The van der Waals surface area contributed by atoms with Crippen LogP contribution in [0.2, 0.25) is 5.02 Å². The Morgan fingerprint density at radius 3 is 2.79 bits per heavy atom. The van der Waals surface area contributed by atoms with Gasteiger partial charge in [0.15, 0.2) is 0 Å². The van der Waals surface area contributed by atoms with Gasteiger partial charge in [-0.05, 0) is 47.0 Å². The molecule has 2 rings (SSSR count). The summed E-state index contributed by atoms with van der Waals surface area (Å²) in [4.78, 5) is 8.67. The first kappa shape index (κ1) is 14.3. The Bertz CT molecular complexity index is 590. The van der Waals surface area contributed by atoms with E-state index in [0.717, 1.165) is 24.2 Å². The van der Waals surface area contributed by atoms with E-state index in [0.29, 0.717) is 21.3 Å². The number of aryl methyl sites for hydroxylation is 2. The maximum Gasteiger partial charge on any atom is 0.223 e. The molecule has 3 nitrogen and oxygen atoms in total. The van der Waals surface area contributed by atoms with Crippen LogP contribution in [-0.4, -0.2) is 9.97 Å². The van der Waals surface area contributed by atoms with Crippen molar-refractivity contribution < 1.29 is 4.74 Å². The van der Waals surface area contributed by atoms with Crippen LogP contribution in [0, 0.1) is 6.92 Å². The Morgan fingerprint density at radius 2 is 2.05 bits per heavy atom. The molecule has 0 atom stereocenters. The van der Waals surface area contributed by atoms with Crippen molar-refractivity contribution in [2.24, 2.45) is 0 Å². The van der Waals surface area contributed by atoms with Crippen LogP contribution in [-0.2, 0) is 6.42 Å². The van der Waals surface area contributed by atoms with Gasteiger partial charge in [0.05, 0.1) is 5.02 Å². The molecule has 100 valence electrons. The molecule has 0 spiro atoms. The third kappa shape index (κ3) is 3.91. The summed E-state index contributed by atoms with van der Waals surface area (Å²) in [5.74, 6) is 1.86. The molecular weight excluding hydrogens is 328 g/mol.